The van der Waals surface area contributed by atoms with Crippen molar-refractivity contribution in [1.29, 1.82) is 0 Å². The Hall–Kier alpha value is -0.760. The molecule has 1 aliphatic rings. The van der Waals surface area contributed by atoms with Crippen LogP contribution >= 0.6 is 27.3 Å². The van der Waals surface area contributed by atoms with E-state index in [1.807, 2.05) is 11.4 Å². The Kier molecular flexibility index (Phi) is 3.74. The van der Waals surface area contributed by atoms with Crippen molar-refractivity contribution in [2.75, 3.05) is 26.2 Å². The van der Waals surface area contributed by atoms with Gasteiger partial charge in [-0.1, -0.05) is 5.16 Å². The molecule has 0 unspecified atom stereocenters. The normalized spacial score (nSPS) is 17.2. The molecule has 1 aliphatic heterocycles. The number of hydrogen-bond acceptors (Lipinski definition) is 6. The van der Waals surface area contributed by atoms with E-state index in [-0.39, 0.29) is 0 Å². The molecule has 1 fully saturated rings. The van der Waals surface area contributed by atoms with E-state index in [0.29, 0.717) is 5.89 Å². The average Bonchev–Trinajstić information content (AvgIpc) is 2.99. The first-order chi connectivity index (χ1) is 8.81. The summed E-state index contributed by atoms with van der Waals surface area (Å²) < 4.78 is 6.36. The lowest BCUT2D eigenvalue weighted by Gasteiger charge is -2.25. The lowest BCUT2D eigenvalue weighted by molar-refractivity contribution is 0.225. The molecule has 1 N–H and O–H groups in total. The highest BCUT2D eigenvalue weighted by Gasteiger charge is 2.15. The van der Waals surface area contributed by atoms with E-state index < -0.39 is 0 Å². The molecule has 0 aromatic carbocycles. The van der Waals surface area contributed by atoms with Crippen molar-refractivity contribution in [2.45, 2.75) is 6.54 Å². The summed E-state index contributed by atoms with van der Waals surface area (Å²) in [4.78, 5) is 6.76. The SMILES string of the molecule is Brc1cc(-c2nc(CN3CCNCC3)no2)cs1. The Morgan fingerprint density at radius 3 is 3.00 bits per heavy atom. The zero-order valence-corrected chi connectivity index (χ0v) is 12.1. The first kappa shape index (κ1) is 12.3. The first-order valence-corrected chi connectivity index (χ1v) is 7.48. The number of halogens is 1. The van der Waals surface area contributed by atoms with Gasteiger partial charge in [0.05, 0.1) is 15.9 Å². The zero-order chi connectivity index (χ0) is 12.4. The third kappa shape index (κ3) is 2.80. The van der Waals surface area contributed by atoms with Crippen LogP contribution in [0.25, 0.3) is 11.5 Å². The smallest absolute Gasteiger partial charge is 0.258 e. The summed E-state index contributed by atoms with van der Waals surface area (Å²) in [7, 11) is 0. The van der Waals surface area contributed by atoms with Gasteiger partial charge in [0.2, 0.25) is 0 Å². The monoisotopic (exact) mass is 328 g/mol. The summed E-state index contributed by atoms with van der Waals surface area (Å²) in [5, 5.41) is 9.37. The van der Waals surface area contributed by atoms with E-state index in [1.54, 1.807) is 11.3 Å². The molecule has 2 aromatic heterocycles. The van der Waals surface area contributed by atoms with Gasteiger partial charge in [0.15, 0.2) is 5.82 Å². The van der Waals surface area contributed by atoms with Crippen LogP contribution < -0.4 is 5.32 Å². The third-order valence-electron chi connectivity index (χ3n) is 2.86. The van der Waals surface area contributed by atoms with Crippen LogP contribution in [0.15, 0.2) is 19.8 Å². The minimum Gasteiger partial charge on any atom is -0.334 e. The Morgan fingerprint density at radius 2 is 2.28 bits per heavy atom. The summed E-state index contributed by atoms with van der Waals surface area (Å²) >= 11 is 5.04. The summed E-state index contributed by atoms with van der Waals surface area (Å²) in [6.07, 6.45) is 0. The molecule has 0 saturated carbocycles. The maximum atomic E-state index is 5.29. The van der Waals surface area contributed by atoms with Gasteiger partial charge in [0, 0.05) is 31.6 Å². The molecule has 0 aliphatic carbocycles. The van der Waals surface area contributed by atoms with Crippen molar-refractivity contribution in [3.63, 3.8) is 0 Å². The highest BCUT2D eigenvalue weighted by atomic mass is 79.9. The molecular formula is C11H13BrN4OS. The molecule has 96 valence electrons. The van der Waals surface area contributed by atoms with E-state index in [0.717, 1.165) is 47.9 Å². The van der Waals surface area contributed by atoms with Crippen LogP contribution in [0.1, 0.15) is 5.82 Å². The van der Waals surface area contributed by atoms with E-state index in [9.17, 15) is 0 Å². The molecule has 1 saturated heterocycles. The molecule has 18 heavy (non-hydrogen) atoms. The van der Waals surface area contributed by atoms with Crippen LogP contribution in [0.4, 0.5) is 0 Å². The lowest BCUT2D eigenvalue weighted by Crippen LogP contribution is -2.43. The molecule has 0 spiro atoms. The second-order valence-corrected chi connectivity index (χ2v) is 6.47. The van der Waals surface area contributed by atoms with Crippen molar-refractivity contribution in [3.05, 3.63) is 21.1 Å². The van der Waals surface area contributed by atoms with E-state index in [4.69, 9.17) is 4.52 Å². The Bertz CT molecular complexity index is 521. The fourth-order valence-corrected chi connectivity index (χ4v) is 3.06. The third-order valence-corrected chi connectivity index (χ3v) is 4.36. The fourth-order valence-electron chi connectivity index (χ4n) is 1.93. The van der Waals surface area contributed by atoms with Gasteiger partial charge in [-0.3, -0.25) is 4.90 Å². The van der Waals surface area contributed by atoms with Gasteiger partial charge in [-0.05, 0) is 22.0 Å². The van der Waals surface area contributed by atoms with Gasteiger partial charge in [0.25, 0.3) is 5.89 Å². The second kappa shape index (κ2) is 5.48. The van der Waals surface area contributed by atoms with Gasteiger partial charge in [-0.2, -0.15) is 4.98 Å². The predicted octanol–water partition coefficient (Wildman–Crippen LogP) is 1.97. The molecule has 0 radical (unpaired) electrons. The molecule has 0 atom stereocenters. The fraction of sp³-hybridized carbons (Fsp3) is 0.455. The minimum absolute atomic E-state index is 0.599. The second-order valence-electron chi connectivity index (χ2n) is 4.18. The van der Waals surface area contributed by atoms with Crippen molar-refractivity contribution in [2.24, 2.45) is 0 Å². The van der Waals surface area contributed by atoms with Crippen molar-refractivity contribution >= 4 is 27.3 Å². The molecule has 3 heterocycles. The number of aromatic nitrogens is 2. The standard InChI is InChI=1S/C11H13BrN4OS/c12-9-5-8(7-18-9)11-14-10(15-17-11)6-16-3-1-13-2-4-16/h5,7,13H,1-4,6H2. The van der Waals surface area contributed by atoms with Gasteiger partial charge in [-0.25, -0.2) is 0 Å². The maximum Gasteiger partial charge on any atom is 0.258 e. The van der Waals surface area contributed by atoms with E-state index in [1.165, 1.54) is 0 Å². The maximum absolute atomic E-state index is 5.29. The molecule has 0 amide bonds. The van der Waals surface area contributed by atoms with Gasteiger partial charge in [0.1, 0.15) is 0 Å². The summed E-state index contributed by atoms with van der Waals surface area (Å²) in [6.45, 7) is 4.89. The molecule has 2 aromatic rings. The van der Waals surface area contributed by atoms with Crippen LogP contribution in [0.3, 0.4) is 0 Å². The number of rotatable bonds is 3. The number of nitrogens with zero attached hydrogens (tertiary/aromatic N) is 3. The Labute approximate surface area is 117 Å². The topological polar surface area (TPSA) is 54.2 Å². The molecule has 5 nitrogen and oxygen atoms in total. The lowest BCUT2D eigenvalue weighted by atomic mass is 10.3. The van der Waals surface area contributed by atoms with Gasteiger partial charge in [-0.15, -0.1) is 11.3 Å². The number of nitrogens with one attached hydrogen (secondary N) is 1. The quantitative estimate of drug-likeness (QED) is 0.933. The summed E-state index contributed by atoms with van der Waals surface area (Å²) in [6, 6.07) is 1.99. The Balaban J connectivity index is 1.69. The number of piperazine rings is 1. The number of hydrogen-bond donors (Lipinski definition) is 1. The highest BCUT2D eigenvalue weighted by molar-refractivity contribution is 9.11. The van der Waals surface area contributed by atoms with E-state index in [2.05, 4.69) is 36.3 Å². The van der Waals surface area contributed by atoms with Crippen molar-refractivity contribution < 1.29 is 4.52 Å². The van der Waals surface area contributed by atoms with Crippen molar-refractivity contribution in [3.8, 4) is 11.5 Å². The minimum atomic E-state index is 0.599. The summed E-state index contributed by atoms with van der Waals surface area (Å²) in [5.74, 6) is 1.36. The van der Waals surface area contributed by atoms with Crippen LogP contribution in [-0.2, 0) is 6.54 Å². The summed E-state index contributed by atoms with van der Waals surface area (Å²) in [5.41, 5.74) is 0.978. The van der Waals surface area contributed by atoms with Crippen LogP contribution in [0, 0.1) is 0 Å². The van der Waals surface area contributed by atoms with Crippen LogP contribution in [0.2, 0.25) is 0 Å². The first-order valence-electron chi connectivity index (χ1n) is 5.81. The Morgan fingerprint density at radius 1 is 1.44 bits per heavy atom. The van der Waals surface area contributed by atoms with Crippen LogP contribution in [0.5, 0.6) is 0 Å². The predicted molar refractivity (Wildman–Crippen MR) is 73.5 cm³/mol. The number of thiophene rings is 1. The van der Waals surface area contributed by atoms with Gasteiger partial charge >= 0.3 is 0 Å². The van der Waals surface area contributed by atoms with Crippen LogP contribution in [-0.4, -0.2) is 41.2 Å². The molecule has 0 bridgehead atoms. The van der Waals surface area contributed by atoms with Gasteiger partial charge < -0.3 is 9.84 Å². The highest BCUT2D eigenvalue weighted by Crippen LogP contribution is 2.27. The van der Waals surface area contributed by atoms with Crippen molar-refractivity contribution in [1.82, 2.24) is 20.4 Å². The molecular weight excluding hydrogens is 316 g/mol. The molecule has 3 rings (SSSR count). The average molecular weight is 329 g/mol. The van der Waals surface area contributed by atoms with E-state index >= 15 is 0 Å². The zero-order valence-electron chi connectivity index (χ0n) is 9.73. The molecule has 7 heteroatoms. The largest absolute Gasteiger partial charge is 0.334 e.